The molecule has 0 fully saturated rings. The molecule has 0 saturated heterocycles. The highest BCUT2D eigenvalue weighted by Gasteiger charge is 2.10. The quantitative estimate of drug-likeness (QED) is 0.370. The third-order valence-corrected chi connectivity index (χ3v) is 4.01. The predicted molar refractivity (Wildman–Crippen MR) is 112 cm³/mol. The van der Waals surface area contributed by atoms with E-state index in [4.69, 9.17) is 18.9 Å². The summed E-state index contributed by atoms with van der Waals surface area (Å²) in [6, 6.07) is 13.5. The Bertz CT molecular complexity index is 765. The van der Waals surface area contributed by atoms with E-state index in [-0.39, 0.29) is 0 Å². The van der Waals surface area contributed by atoms with Gasteiger partial charge in [0.2, 0.25) is 0 Å². The number of rotatable bonds is 10. The fraction of sp³-hybridized carbons (Fsp3) is 0.381. The molecule has 0 aliphatic carbocycles. The van der Waals surface area contributed by atoms with Gasteiger partial charge in [-0.1, -0.05) is 18.2 Å². The number of methoxy groups -OCH3 is 3. The molecule has 28 heavy (non-hydrogen) atoms. The number of nitrogens with one attached hydrogen (secondary N) is 2. The maximum absolute atomic E-state index is 5.74. The first-order valence-electron chi connectivity index (χ1n) is 9.11. The summed E-state index contributed by atoms with van der Waals surface area (Å²) in [5.74, 6) is 2.84. The molecule has 0 spiro atoms. The predicted octanol–water partition coefficient (Wildman–Crippen LogP) is 3.31. The van der Waals surface area contributed by atoms with E-state index in [1.165, 1.54) is 0 Å². The average Bonchev–Trinajstić information content (AvgIpc) is 2.74. The Hall–Kier alpha value is -2.93. The van der Waals surface area contributed by atoms with Crippen molar-refractivity contribution in [3.8, 4) is 17.2 Å². The van der Waals surface area contributed by atoms with Gasteiger partial charge in [-0.05, 0) is 18.2 Å². The summed E-state index contributed by atoms with van der Waals surface area (Å²) < 4.78 is 21.6. The van der Waals surface area contributed by atoms with E-state index < -0.39 is 0 Å². The second-order valence-corrected chi connectivity index (χ2v) is 5.93. The molecule has 0 radical (unpaired) electrons. The van der Waals surface area contributed by atoms with Crippen LogP contribution in [0.4, 0.5) is 5.69 Å². The van der Waals surface area contributed by atoms with Crippen molar-refractivity contribution in [1.29, 1.82) is 0 Å². The lowest BCUT2D eigenvalue weighted by molar-refractivity contribution is 0.172. The first-order chi connectivity index (χ1) is 13.7. The smallest absolute Gasteiger partial charge is 0.195 e. The van der Waals surface area contributed by atoms with Crippen molar-refractivity contribution in [2.45, 2.75) is 13.0 Å². The van der Waals surface area contributed by atoms with Crippen molar-refractivity contribution in [1.82, 2.24) is 5.32 Å². The highest BCUT2D eigenvalue weighted by atomic mass is 16.5. The Morgan fingerprint density at radius 2 is 1.82 bits per heavy atom. The Morgan fingerprint density at radius 3 is 2.54 bits per heavy atom. The van der Waals surface area contributed by atoms with Gasteiger partial charge in [0.05, 0.1) is 20.8 Å². The Kier molecular flexibility index (Phi) is 8.94. The largest absolute Gasteiger partial charge is 0.493 e. The van der Waals surface area contributed by atoms with E-state index in [0.29, 0.717) is 37.2 Å². The van der Waals surface area contributed by atoms with Crippen LogP contribution in [0.1, 0.15) is 12.0 Å². The zero-order chi connectivity index (χ0) is 20.2. The molecule has 152 valence electrons. The van der Waals surface area contributed by atoms with Crippen LogP contribution in [0.5, 0.6) is 17.2 Å². The van der Waals surface area contributed by atoms with Crippen molar-refractivity contribution < 1.29 is 18.9 Å². The van der Waals surface area contributed by atoms with E-state index >= 15 is 0 Å². The minimum atomic E-state index is 0.535. The van der Waals surface area contributed by atoms with E-state index in [1.54, 1.807) is 28.4 Å². The Morgan fingerprint density at radius 1 is 1.00 bits per heavy atom. The van der Waals surface area contributed by atoms with Crippen LogP contribution in [0.15, 0.2) is 47.5 Å². The molecule has 0 bridgehead atoms. The molecule has 0 aliphatic heterocycles. The standard InChI is InChI=1S/C21H29N3O4/c1-22-21(23-15-16-8-5-11-19(26-3)20(16)27-4)24-17-9-6-10-18(14-17)28-13-7-12-25-2/h5-6,8-11,14H,7,12-13,15H2,1-4H3,(H2,22,23,24). The van der Waals surface area contributed by atoms with Crippen LogP contribution >= 0.6 is 0 Å². The molecule has 0 aliphatic rings. The van der Waals surface area contributed by atoms with E-state index in [1.807, 2.05) is 42.5 Å². The Balaban J connectivity index is 1.96. The lowest BCUT2D eigenvalue weighted by Gasteiger charge is -2.16. The van der Waals surface area contributed by atoms with Gasteiger partial charge in [0.25, 0.3) is 0 Å². The summed E-state index contributed by atoms with van der Waals surface area (Å²) >= 11 is 0. The van der Waals surface area contributed by atoms with E-state index in [2.05, 4.69) is 15.6 Å². The highest BCUT2D eigenvalue weighted by Crippen LogP contribution is 2.30. The number of guanidine groups is 1. The van der Waals surface area contributed by atoms with Crippen LogP contribution in [0.25, 0.3) is 0 Å². The minimum Gasteiger partial charge on any atom is -0.493 e. The van der Waals surface area contributed by atoms with Gasteiger partial charge in [0.15, 0.2) is 17.5 Å². The van der Waals surface area contributed by atoms with Crippen LogP contribution < -0.4 is 24.8 Å². The molecule has 7 heteroatoms. The number of anilines is 1. The van der Waals surface area contributed by atoms with Crippen LogP contribution in [0, 0.1) is 0 Å². The van der Waals surface area contributed by atoms with Gasteiger partial charge in [-0.2, -0.15) is 0 Å². The summed E-state index contributed by atoms with van der Waals surface area (Å²) in [6.45, 7) is 1.83. The van der Waals surface area contributed by atoms with Crippen molar-refractivity contribution in [3.05, 3.63) is 48.0 Å². The molecular weight excluding hydrogens is 358 g/mol. The number of hydrogen-bond acceptors (Lipinski definition) is 5. The summed E-state index contributed by atoms with van der Waals surface area (Å²) in [6.07, 6.45) is 0.847. The van der Waals surface area contributed by atoms with Gasteiger partial charge in [-0.15, -0.1) is 0 Å². The van der Waals surface area contributed by atoms with Crippen molar-refractivity contribution in [3.63, 3.8) is 0 Å². The number of para-hydroxylation sites is 1. The van der Waals surface area contributed by atoms with Gasteiger partial charge in [0, 0.05) is 51.0 Å². The van der Waals surface area contributed by atoms with Gasteiger partial charge < -0.3 is 29.6 Å². The van der Waals surface area contributed by atoms with Gasteiger partial charge in [0.1, 0.15) is 5.75 Å². The molecule has 0 atom stereocenters. The Labute approximate surface area is 166 Å². The van der Waals surface area contributed by atoms with Gasteiger partial charge in [-0.25, -0.2) is 0 Å². The van der Waals surface area contributed by atoms with Crippen LogP contribution in [0.3, 0.4) is 0 Å². The highest BCUT2D eigenvalue weighted by molar-refractivity contribution is 5.93. The van der Waals surface area contributed by atoms with Crippen LogP contribution in [-0.4, -0.2) is 47.6 Å². The molecular formula is C21H29N3O4. The summed E-state index contributed by atoms with van der Waals surface area (Å²) in [5, 5.41) is 6.55. The maximum atomic E-state index is 5.74. The van der Waals surface area contributed by atoms with E-state index in [9.17, 15) is 0 Å². The average molecular weight is 387 g/mol. The normalized spacial score (nSPS) is 11.1. The molecule has 0 amide bonds. The summed E-state index contributed by atoms with van der Waals surface area (Å²) in [7, 11) is 6.67. The monoisotopic (exact) mass is 387 g/mol. The zero-order valence-corrected chi connectivity index (χ0v) is 17.0. The number of benzene rings is 2. The fourth-order valence-electron chi connectivity index (χ4n) is 2.64. The third-order valence-electron chi connectivity index (χ3n) is 4.01. The maximum Gasteiger partial charge on any atom is 0.195 e. The minimum absolute atomic E-state index is 0.535. The molecule has 2 aromatic rings. The van der Waals surface area contributed by atoms with Crippen molar-refractivity contribution >= 4 is 11.6 Å². The summed E-state index contributed by atoms with van der Waals surface area (Å²) in [4.78, 5) is 4.28. The number of hydrogen-bond donors (Lipinski definition) is 2. The molecule has 0 unspecified atom stereocenters. The van der Waals surface area contributed by atoms with Crippen LogP contribution in [-0.2, 0) is 11.3 Å². The lowest BCUT2D eigenvalue weighted by atomic mass is 10.2. The second kappa shape index (κ2) is 11.7. The molecule has 7 nitrogen and oxygen atoms in total. The topological polar surface area (TPSA) is 73.3 Å². The molecule has 2 aromatic carbocycles. The molecule has 2 rings (SSSR count). The zero-order valence-electron chi connectivity index (χ0n) is 17.0. The van der Waals surface area contributed by atoms with Gasteiger partial charge in [-0.3, -0.25) is 4.99 Å². The van der Waals surface area contributed by atoms with Gasteiger partial charge >= 0.3 is 0 Å². The number of aliphatic imine (C=N–C) groups is 1. The van der Waals surface area contributed by atoms with E-state index in [0.717, 1.165) is 23.4 Å². The molecule has 2 N–H and O–H groups in total. The first kappa shape index (κ1) is 21.4. The molecule has 0 heterocycles. The number of nitrogens with zero attached hydrogens (tertiary/aromatic N) is 1. The first-order valence-corrected chi connectivity index (χ1v) is 9.11. The van der Waals surface area contributed by atoms with Crippen LogP contribution in [0.2, 0.25) is 0 Å². The third kappa shape index (κ3) is 6.35. The fourth-order valence-corrected chi connectivity index (χ4v) is 2.64. The SMILES string of the molecule is CN=C(NCc1cccc(OC)c1OC)Nc1cccc(OCCCOC)c1. The van der Waals surface area contributed by atoms with Crippen molar-refractivity contribution in [2.75, 3.05) is 46.9 Å². The molecule has 0 aromatic heterocycles. The number of ether oxygens (including phenoxy) is 4. The lowest BCUT2D eigenvalue weighted by Crippen LogP contribution is -2.30. The van der Waals surface area contributed by atoms with Crippen molar-refractivity contribution in [2.24, 2.45) is 4.99 Å². The second-order valence-electron chi connectivity index (χ2n) is 5.93. The molecule has 0 saturated carbocycles. The summed E-state index contributed by atoms with van der Waals surface area (Å²) in [5.41, 5.74) is 1.86.